The summed E-state index contributed by atoms with van der Waals surface area (Å²) in [6.07, 6.45) is 9.33. The molecule has 32 heavy (non-hydrogen) atoms. The van der Waals surface area contributed by atoms with Gasteiger partial charge in [-0.2, -0.15) is 0 Å². The minimum absolute atomic E-state index is 0.877. The molecule has 0 saturated carbocycles. The quantitative estimate of drug-likeness (QED) is 0.398. The van der Waals surface area contributed by atoms with Crippen molar-refractivity contribution >= 4 is 23.5 Å². The zero-order chi connectivity index (χ0) is 22.7. The fraction of sp³-hybridized carbons (Fsp3) is 0.0968. The van der Waals surface area contributed by atoms with Crippen molar-refractivity contribution in [2.45, 2.75) is 20.3 Å². The summed E-state index contributed by atoms with van der Waals surface area (Å²) in [5, 5.41) is 3.45. The van der Waals surface area contributed by atoms with Crippen LogP contribution in [0, 0.1) is 6.92 Å². The summed E-state index contributed by atoms with van der Waals surface area (Å²) in [7, 11) is 0. The first-order valence-electron chi connectivity index (χ1n) is 10.9. The van der Waals surface area contributed by atoms with Gasteiger partial charge in [-0.3, -0.25) is 0 Å². The van der Waals surface area contributed by atoms with Crippen molar-refractivity contribution in [2.75, 3.05) is 5.32 Å². The van der Waals surface area contributed by atoms with Gasteiger partial charge in [0.2, 0.25) is 0 Å². The molecular weight excluding hydrogens is 386 g/mol. The largest absolute Gasteiger partial charge is 0.356 e. The highest BCUT2D eigenvalue weighted by Gasteiger charge is 2.09. The number of fused-ring (bicyclic) bond motifs is 1. The highest BCUT2D eigenvalue weighted by molar-refractivity contribution is 5.79. The molecule has 1 heteroatoms. The molecule has 3 aromatic carbocycles. The molecule has 4 rings (SSSR count). The Balaban J connectivity index is 1.50. The van der Waals surface area contributed by atoms with Gasteiger partial charge >= 0.3 is 0 Å². The van der Waals surface area contributed by atoms with E-state index in [2.05, 4.69) is 111 Å². The molecule has 0 atom stereocenters. The summed E-state index contributed by atoms with van der Waals surface area (Å²) >= 11 is 0. The number of nitrogens with one attached hydrogen (secondary N) is 1. The van der Waals surface area contributed by atoms with Gasteiger partial charge in [0.1, 0.15) is 0 Å². The SMILES string of the molecule is C=C(C)/C=C\c1cc(NC(=C)c2ccc(-c3ccc4c(c3)C=CC(=C)C4)cc2)ccc1C. The van der Waals surface area contributed by atoms with E-state index in [9.17, 15) is 0 Å². The maximum atomic E-state index is 4.25. The van der Waals surface area contributed by atoms with E-state index in [1.54, 1.807) is 0 Å². The Kier molecular flexibility index (Phi) is 6.09. The van der Waals surface area contributed by atoms with Crippen molar-refractivity contribution in [3.05, 3.63) is 132 Å². The predicted octanol–water partition coefficient (Wildman–Crippen LogP) is 8.46. The summed E-state index contributed by atoms with van der Waals surface area (Å²) in [5.41, 5.74) is 12.6. The van der Waals surface area contributed by atoms with Gasteiger partial charge in [0.25, 0.3) is 0 Å². The molecule has 0 unspecified atom stereocenters. The first kappa shape index (κ1) is 21.4. The molecule has 1 aliphatic carbocycles. The summed E-state index contributed by atoms with van der Waals surface area (Å²) in [4.78, 5) is 0. The maximum absolute atomic E-state index is 4.25. The predicted molar refractivity (Wildman–Crippen MR) is 141 cm³/mol. The van der Waals surface area contributed by atoms with E-state index in [-0.39, 0.29) is 0 Å². The number of benzene rings is 3. The third kappa shape index (κ3) is 4.90. The Morgan fingerprint density at radius 2 is 1.66 bits per heavy atom. The van der Waals surface area contributed by atoms with Crippen molar-refractivity contribution < 1.29 is 0 Å². The van der Waals surface area contributed by atoms with Crippen LogP contribution in [-0.4, -0.2) is 0 Å². The standard InChI is InChI=1S/C31H29N/c1-21(2)6-9-27-20-31(17-8-23(27)4)32-24(5)25-11-13-26(14-12-25)29-16-15-28-18-22(3)7-10-30(28)19-29/h6-17,19-20,32H,1,3,5,18H2,2,4H3/b9-6-. The monoisotopic (exact) mass is 415 g/mol. The second-order valence-corrected chi connectivity index (χ2v) is 8.51. The van der Waals surface area contributed by atoms with Crippen molar-refractivity contribution in [1.29, 1.82) is 0 Å². The second-order valence-electron chi connectivity index (χ2n) is 8.51. The number of allylic oxidation sites excluding steroid dienone is 4. The van der Waals surface area contributed by atoms with E-state index in [1.165, 1.54) is 33.4 Å². The molecular formula is C31H29N. The lowest BCUT2D eigenvalue weighted by Gasteiger charge is -2.15. The van der Waals surface area contributed by atoms with Crippen LogP contribution in [0.4, 0.5) is 5.69 Å². The van der Waals surface area contributed by atoms with Crippen molar-refractivity contribution in [3.63, 3.8) is 0 Å². The molecule has 0 spiro atoms. The molecule has 1 nitrogen and oxygen atoms in total. The van der Waals surface area contributed by atoms with Crippen LogP contribution in [0.5, 0.6) is 0 Å². The van der Waals surface area contributed by atoms with E-state index in [1.807, 2.05) is 13.0 Å². The van der Waals surface area contributed by atoms with Crippen LogP contribution in [0.15, 0.2) is 104 Å². The molecule has 0 amide bonds. The normalized spacial score (nSPS) is 12.6. The summed E-state index contributed by atoms with van der Waals surface area (Å²) in [5.74, 6) is 0. The van der Waals surface area contributed by atoms with Crippen LogP contribution < -0.4 is 5.32 Å². The third-order valence-electron chi connectivity index (χ3n) is 5.75. The molecule has 0 bridgehead atoms. The summed E-state index contributed by atoms with van der Waals surface area (Å²) < 4.78 is 0. The lowest BCUT2D eigenvalue weighted by molar-refractivity contribution is 1.18. The van der Waals surface area contributed by atoms with Crippen LogP contribution in [0.2, 0.25) is 0 Å². The molecule has 0 radical (unpaired) electrons. The Morgan fingerprint density at radius 1 is 0.906 bits per heavy atom. The van der Waals surface area contributed by atoms with Crippen molar-refractivity contribution in [1.82, 2.24) is 0 Å². The molecule has 1 N–H and O–H groups in total. The number of anilines is 1. The van der Waals surface area contributed by atoms with Gasteiger partial charge in [-0.25, -0.2) is 0 Å². The van der Waals surface area contributed by atoms with Gasteiger partial charge in [0.15, 0.2) is 0 Å². The van der Waals surface area contributed by atoms with Crippen LogP contribution >= 0.6 is 0 Å². The average Bonchev–Trinajstić information content (AvgIpc) is 2.79. The minimum Gasteiger partial charge on any atom is -0.356 e. The molecule has 158 valence electrons. The fourth-order valence-corrected chi connectivity index (χ4v) is 3.84. The smallest absolute Gasteiger partial charge is 0.0390 e. The lowest BCUT2D eigenvalue weighted by atomic mass is 9.91. The minimum atomic E-state index is 0.877. The van der Waals surface area contributed by atoms with Crippen LogP contribution in [0.25, 0.3) is 29.0 Å². The van der Waals surface area contributed by atoms with E-state index in [0.717, 1.165) is 34.5 Å². The van der Waals surface area contributed by atoms with E-state index < -0.39 is 0 Å². The first-order chi connectivity index (χ1) is 15.4. The van der Waals surface area contributed by atoms with Gasteiger partial charge < -0.3 is 5.32 Å². The highest BCUT2D eigenvalue weighted by atomic mass is 14.9. The van der Waals surface area contributed by atoms with Gasteiger partial charge in [-0.05, 0) is 77.4 Å². The Labute approximate surface area is 191 Å². The Morgan fingerprint density at radius 3 is 2.41 bits per heavy atom. The number of hydrogen-bond donors (Lipinski definition) is 1. The van der Waals surface area contributed by atoms with Gasteiger partial charge in [0, 0.05) is 11.4 Å². The number of aryl methyl sites for hydroxylation is 1. The zero-order valence-corrected chi connectivity index (χ0v) is 18.9. The van der Waals surface area contributed by atoms with Crippen LogP contribution in [-0.2, 0) is 6.42 Å². The second kappa shape index (κ2) is 9.11. The Bertz CT molecular complexity index is 1270. The topological polar surface area (TPSA) is 12.0 Å². The van der Waals surface area contributed by atoms with Crippen molar-refractivity contribution in [3.8, 4) is 11.1 Å². The van der Waals surface area contributed by atoms with Crippen LogP contribution in [0.1, 0.15) is 34.7 Å². The van der Waals surface area contributed by atoms with Crippen LogP contribution in [0.3, 0.4) is 0 Å². The summed E-state index contributed by atoms with van der Waals surface area (Å²) in [6.45, 7) is 16.4. The average molecular weight is 416 g/mol. The van der Waals surface area contributed by atoms with Crippen molar-refractivity contribution in [2.24, 2.45) is 0 Å². The molecule has 0 aliphatic heterocycles. The fourth-order valence-electron chi connectivity index (χ4n) is 3.84. The van der Waals surface area contributed by atoms with Gasteiger partial charge in [0.05, 0.1) is 0 Å². The molecule has 0 heterocycles. The number of rotatable bonds is 6. The molecule has 1 aliphatic rings. The van der Waals surface area contributed by atoms with E-state index in [4.69, 9.17) is 0 Å². The van der Waals surface area contributed by atoms with Gasteiger partial charge in [-0.1, -0.05) is 97.7 Å². The molecule has 0 saturated heterocycles. The van der Waals surface area contributed by atoms with Gasteiger partial charge in [-0.15, -0.1) is 0 Å². The first-order valence-corrected chi connectivity index (χ1v) is 10.9. The molecule has 0 aromatic heterocycles. The molecule has 0 fully saturated rings. The van der Waals surface area contributed by atoms with E-state index >= 15 is 0 Å². The zero-order valence-electron chi connectivity index (χ0n) is 18.9. The molecule has 3 aromatic rings. The number of hydrogen-bond acceptors (Lipinski definition) is 1. The Hall–Kier alpha value is -3.84. The highest BCUT2D eigenvalue weighted by Crippen LogP contribution is 2.29. The van der Waals surface area contributed by atoms with E-state index in [0.29, 0.717) is 0 Å². The lowest BCUT2D eigenvalue weighted by Crippen LogP contribution is -1.98. The third-order valence-corrected chi connectivity index (χ3v) is 5.75. The maximum Gasteiger partial charge on any atom is 0.0390 e. The summed E-state index contributed by atoms with van der Waals surface area (Å²) in [6, 6.07) is 21.6.